The van der Waals surface area contributed by atoms with Crippen LogP contribution in [0.5, 0.6) is 5.75 Å². The lowest BCUT2D eigenvalue weighted by Crippen LogP contribution is -2.43. The number of hydrogen-bond acceptors (Lipinski definition) is 3. The van der Waals surface area contributed by atoms with E-state index in [-0.39, 0.29) is 0 Å². The Bertz CT molecular complexity index is 422. The number of aliphatic hydroxyl groups is 1. The molecule has 3 nitrogen and oxygen atoms in total. The molecule has 0 saturated carbocycles. The van der Waals surface area contributed by atoms with Crippen LogP contribution in [0, 0.1) is 11.8 Å². The first kappa shape index (κ1) is 17.3. The van der Waals surface area contributed by atoms with Gasteiger partial charge in [0.1, 0.15) is 18.5 Å². The largest absolute Gasteiger partial charge is 0.491 e. The van der Waals surface area contributed by atoms with Gasteiger partial charge in [0, 0.05) is 19.6 Å². The van der Waals surface area contributed by atoms with E-state index < -0.39 is 6.10 Å². The summed E-state index contributed by atoms with van der Waals surface area (Å²) in [4.78, 5) is 2.37. The van der Waals surface area contributed by atoms with Crippen molar-refractivity contribution >= 4 is 0 Å². The molecule has 124 valence electrons. The molecule has 0 spiro atoms. The highest BCUT2D eigenvalue weighted by molar-refractivity contribution is 5.27. The molecule has 2 rings (SSSR count). The molecule has 1 N–H and O–H groups in total. The van der Waals surface area contributed by atoms with E-state index in [0.717, 1.165) is 43.5 Å². The Kier molecular flexibility index (Phi) is 6.71. The molecule has 1 heterocycles. The topological polar surface area (TPSA) is 32.7 Å². The van der Waals surface area contributed by atoms with Crippen LogP contribution in [0.3, 0.4) is 0 Å². The van der Waals surface area contributed by atoms with Gasteiger partial charge in [0.2, 0.25) is 0 Å². The average molecular weight is 305 g/mol. The molecule has 3 atom stereocenters. The van der Waals surface area contributed by atoms with Crippen LogP contribution in [0.4, 0.5) is 0 Å². The maximum atomic E-state index is 10.2. The summed E-state index contributed by atoms with van der Waals surface area (Å²) in [7, 11) is 0. The summed E-state index contributed by atoms with van der Waals surface area (Å²) in [5.41, 5.74) is 1.34. The first-order chi connectivity index (χ1) is 10.6. The van der Waals surface area contributed by atoms with Crippen LogP contribution in [0.1, 0.15) is 39.2 Å². The van der Waals surface area contributed by atoms with Crippen molar-refractivity contribution < 1.29 is 9.84 Å². The second kappa shape index (κ2) is 8.54. The molecule has 0 amide bonds. The SMILES string of the molecule is CCCc1ccc(OC[C@H](O)CN2C[C@H](C)C[C@@H](C)C2)cc1. The summed E-state index contributed by atoms with van der Waals surface area (Å²) in [6, 6.07) is 8.23. The Morgan fingerprint density at radius 2 is 1.82 bits per heavy atom. The molecule has 0 radical (unpaired) electrons. The molecule has 1 aromatic carbocycles. The van der Waals surface area contributed by atoms with Crippen molar-refractivity contribution in [3.8, 4) is 5.75 Å². The number of aliphatic hydroxyl groups excluding tert-OH is 1. The van der Waals surface area contributed by atoms with E-state index >= 15 is 0 Å². The van der Waals surface area contributed by atoms with Crippen LogP contribution in [0.2, 0.25) is 0 Å². The zero-order valence-electron chi connectivity index (χ0n) is 14.3. The second-order valence-electron chi connectivity index (χ2n) is 7.02. The van der Waals surface area contributed by atoms with Gasteiger partial charge >= 0.3 is 0 Å². The predicted octanol–water partition coefficient (Wildman–Crippen LogP) is 3.36. The van der Waals surface area contributed by atoms with Gasteiger partial charge in [-0.3, -0.25) is 0 Å². The fraction of sp³-hybridized carbons (Fsp3) is 0.684. The molecule has 3 heteroatoms. The van der Waals surface area contributed by atoms with E-state index in [1.165, 1.54) is 12.0 Å². The summed E-state index contributed by atoms with van der Waals surface area (Å²) in [6.07, 6.45) is 3.14. The maximum absolute atomic E-state index is 10.2. The van der Waals surface area contributed by atoms with Gasteiger partial charge in [-0.2, -0.15) is 0 Å². The van der Waals surface area contributed by atoms with E-state index in [2.05, 4.69) is 37.8 Å². The summed E-state index contributed by atoms with van der Waals surface area (Å²) in [5, 5.41) is 10.2. The first-order valence-corrected chi connectivity index (χ1v) is 8.69. The van der Waals surface area contributed by atoms with Gasteiger partial charge in [-0.25, -0.2) is 0 Å². The van der Waals surface area contributed by atoms with Crippen LogP contribution in [0.25, 0.3) is 0 Å². The molecule has 1 aliphatic rings. The molecule has 22 heavy (non-hydrogen) atoms. The van der Waals surface area contributed by atoms with Crippen LogP contribution >= 0.6 is 0 Å². The quantitative estimate of drug-likeness (QED) is 0.838. The lowest BCUT2D eigenvalue weighted by atomic mass is 9.92. The van der Waals surface area contributed by atoms with Crippen molar-refractivity contribution in [2.24, 2.45) is 11.8 Å². The standard InChI is InChI=1S/C19H31NO2/c1-4-5-17-6-8-19(9-7-17)22-14-18(21)13-20-11-15(2)10-16(3)12-20/h6-9,15-16,18,21H,4-5,10-14H2,1-3H3/t15-,16-,18-/m1/s1. The maximum Gasteiger partial charge on any atom is 0.119 e. The predicted molar refractivity (Wildman–Crippen MR) is 91.3 cm³/mol. The van der Waals surface area contributed by atoms with Crippen LogP contribution in [-0.4, -0.2) is 42.4 Å². The van der Waals surface area contributed by atoms with Crippen molar-refractivity contribution in [2.45, 2.75) is 46.1 Å². The van der Waals surface area contributed by atoms with Gasteiger partial charge in [0.15, 0.2) is 0 Å². The third-order valence-electron chi connectivity index (χ3n) is 4.32. The molecule has 1 fully saturated rings. The highest BCUT2D eigenvalue weighted by atomic mass is 16.5. The number of hydrogen-bond donors (Lipinski definition) is 1. The Morgan fingerprint density at radius 3 is 2.41 bits per heavy atom. The Hall–Kier alpha value is -1.06. The van der Waals surface area contributed by atoms with Gasteiger partial charge in [-0.1, -0.05) is 39.3 Å². The number of likely N-dealkylation sites (tertiary alicyclic amines) is 1. The Balaban J connectivity index is 1.73. The number of β-amino-alcohol motifs (C(OH)–C–C–N with tert-alkyl or cyclic N) is 1. The molecule has 1 aromatic rings. The average Bonchev–Trinajstić information content (AvgIpc) is 2.46. The van der Waals surface area contributed by atoms with Crippen LogP contribution in [0.15, 0.2) is 24.3 Å². The van der Waals surface area contributed by atoms with Crippen molar-refractivity contribution in [2.75, 3.05) is 26.2 Å². The third-order valence-corrected chi connectivity index (χ3v) is 4.32. The molecule has 1 aliphatic heterocycles. The molecule has 0 unspecified atom stereocenters. The minimum Gasteiger partial charge on any atom is -0.491 e. The lowest BCUT2D eigenvalue weighted by Gasteiger charge is -2.35. The monoisotopic (exact) mass is 305 g/mol. The van der Waals surface area contributed by atoms with Gasteiger partial charge in [-0.05, 0) is 42.4 Å². The summed E-state index contributed by atoms with van der Waals surface area (Å²) < 4.78 is 5.72. The van der Waals surface area contributed by atoms with Gasteiger partial charge in [0.25, 0.3) is 0 Å². The second-order valence-corrected chi connectivity index (χ2v) is 7.02. The van der Waals surface area contributed by atoms with Crippen molar-refractivity contribution in [3.63, 3.8) is 0 Å². The number of nitrogens with zero attached hydrogens (tertiary/aromatic N) is 1. The van der Waals surface area contributed by atoms with E-state index in [4.69, 9.17) is 4.74 Å². The van der Waals surface area contributed by atoms with Crippen molar-refractivity contribution in [1.29, 1.82) is 0 Å². The highest BCUT2D eigenvalue weighted by Gasteiger charge is 2.23. The van der Waals surface area contributed by atoms with E-state index in [1.54, 1.807) is 0 Å². The highest BCUT2D eigenvalue weighted by Crippen LogP contribution is 2.21. The van der Waals surface area contributed by atoms with Gasteiger partial charge in [0.05, 0.1) is 0 Å². The number of benzene rings is 1. The van der Waals surface area contributed by atoms with Crippen LogP contribution in [-0.2, 0) is 6.42 Å². The Morgan fingerprint density at radius 1 is 1.18 bits per heavy atom. The number of ether oxygens (including phenoxy) is 1. The molecule has 0 aromatic heterocycles. The minimum absolute atomic E-state index is 0.367. The first-order valence-electron chi connectivity index (χ1n) is 8.69. The minimum atomic E-state index is -0.423. The lowest BCUT2D eigenvalue weighted by molar-refractivity contribution is 0.0429. The summed E-state index contributed by atoms with van der Waals surface area (Å²) in [5.74, 6) is 2.30. The third kappa shape index (κ3) is 5.62. The molecule has 1 saturated heterocycles. The fourth-order valence-electron chi connectivity index (χ4n) is 3.53. The summed E-state index contributed by atoms with van der Waals surface area (Å²) in [6.45, 7) is 10.0. The smallest absolute Gasteiger partial charge is 0.119 e. The molecular weight excluding hydrogens is 274 g/mol. The Labute approximate surface area is 135 Å². The van der Waals surface area contributed by atoms with Gasteiger partial charge < -0.3 is 14.7 Å². The normalized spacial score (nSPS) is 24.2. The number of piperidine rings is 1. The van der Waals surface area contributed by atoms with E-state index in [0.29, 0.717) is 13.2 Å². The van der Waals surface area contributed by atoms with Crippen LogP contribution < -0.4 is 4.74 Å². The number of aryl methyl sites for hydroxylation is 1. The fourth-order valence-corrected chi connectivity index (χ4v) is 3.53. The zero-order valence-corrected chi connectivity index (χ0v) is 14.3. The molecular formula is C19H31NO2. The van der Waals surface area contributed by atoms with E-state index in [1.807, 2.05) is 12.1 Å². The zero-order chi connectivity index (χ0) is 15.9. The van der Waals surface area contributed by atoms with E-state index in [9.17, 15) is 5.11 Å². The van der Waals surface area contributed by atoms with Crippen molar-refractivity contribution in [3.05, 3.63) is 29.8 Å². The summed E-state index contributed by atoms with van der Waals surface area (Å²) >= 11 is 0. The van der Waals surface area contributed by atoms with Gasteiger partial charge in [-0.15, -0.1) is 0 Å². The molecule has 0 aliphatic carbocycles. The van der Waals surface area contributed by atoms with Crippen molar-refractivity contribution in [1.82, 2.24) is 4.90 Å². The number of rotatable bonds is 7. The molecule has 0 bridgehead atoms.